The van der Waals surface area contributed by atoms with Crippen LogP contribution in [0, 0.1) is 12.3 Å². The third-order valence-corrected chi connectivity index (χ3v) is 2.83. The maximum atomic E-state index is 5.62. The largest absolute Gasteiger partial charge is 0.496 e. The second-order valence-corrected chi connectivity index (χ2v) is 3.89. The number of nitrogens with two attached hydrogens (primary N) is 1. The van der Waals surface area contributed by atoms with Crippen LogP contribution in [0.4, 0.5) is 0 Å². The summed E-state index contributed by atoms with van der Waals surface area (Å²) in [6.45, 7) is 0. The molecule has 0 amide bonds. The summed E-state index contributed by atoms with van der Waals surface area (Å²) in [6.07, 6.45) is 7.71. The van der Waals surface area contributed by atoms with E-state index in [1.54, 1.807) is 14.2 Å². The molecule has 1 aromatic rings. The number of unbranched alkanes of at least 4 members (excludes halogenated alkanes) is 1. The molecule has 0 aliphatic rings. The molecule has 1 rings (SSSR count). The van der Waals surface area contributed by atoms with Crippen LogP contribution in [-0.2, 0) is 0 Å². The van der Waals surface area contributed by atoms with E-state index in [2.05, 4.69) is 11.3 Å². The zero-order chi connectivity index (χ0) is 13.4. The minimum absolute atomic E-state index is 0.0375. The summed E-state index contributed by atoms with van der Waals surface area (Å²) < 4.78 is 10.7. The molecule has 3 N–H and O–H groups in total. The fourth-order valence-electron chi connectivity index (χ4n) is 1.94. The summed E-state index contributed by atoms with van der Waals surface area (Å²) in [4.78, 5) is 0. The average Bonchev–Trinajstić information content (AvgIpc) is 2.43. The van der Waals surface area contributed by atoms with E-state index in [1.165, 1.54) is 0 Å². The molecular weight excluding hydrogens is 228 g/mol. The van der Waals surface area contributed by atoms with Gasteiger partial charge in [0.15, 0.2) is 0 Å². The predicted molar refractivity (Wildman–Crippen MR) is 72.3 cm³/mol. The van der Waals surface area contributed by atoms with Gasteiger partial charge in [-0.1, -0.05) is 6.07 Å². The summed E-state index contributed by atoms with van der Waals surface area (Å²) in [6, 6.07) is 5.63. The highest BCUT2D eigenvalue weighted by Crippen LogP contribution is 2.35. The highest BCUT2D eigenvalue weighted by molar-refractivity contribution is 5.46. The van der Waals surface area contributed by atoms with Crippen LogP contribution in [0.15, 0.2) is 18.2 Å². The SMILES string of the molecule is C#CCCCC(NN)c1c(OC)cccc1OC. The maximum absolute atomic E-state index is 5.62. The third kappa shape index (κ3) is 3.39. The van der Waals surface area contributed by atoms with E-state index in [0.717, 1.165) is 36.3 Å². The molecule has 0 bridgehead atoms. The van der Waals surface area contributed by atoms with Crippen molar-refractivity contribution in [1.82, 2.24) is 5.43 Å². The Bertz CT molecular complexity index is 390. The summed E-state index contributed by atoms with van der Waals surface area (Å²) in [5, 5.41) is 0. The number of benzene rings is 1. The van der Waals surface area contributed by atoms with Crippen LogP contribution in [0.5, 0.6) is 11.5 Å². The van der Waals surface area contributed by atoms with Crippen molar-refractivity contribution in [3.63, 3.8) is 0 Å². The number of methoxy groups -OCH3 is 2. The van der Waals surface area contributed by atoms with E-state index in [0.29, 0.717) is 0 Å². The first kappa shape index (κ1) is 14.4. The highest BCUT2D eigenvalue weighted by Gasteiger charge is 2.19. The fourth-order valence-corrected chi connectivity index (χ4v) is 1.94. The molecule has 0 heterocycles. The predicted octanol–water partition coefficient (Wildman–Crippen LogP) is 2.01. The van der Waals surface area contributed by atoms with Gasteiger partial charge < -0.3 is 9.47 Å². The number of ether oxygens (including phenoxy) is 2. The molecule has 0 radical (unpaired) electrons. The van der Waals surface area contributed by atoms with Crippen molar-refractivity contribution in [2.24, 2.45) is 5.84 Å². The Morgan fingerprint density at radius 3 is 2.39 bits per heavy atom. The lowest BCUT2D eigenvalue weighted by Crippen LogP contribution is -2.28. The second kappa shape index (κ2) is 7.59. The van der Waals surface area contributed by atoms with E-state index in [9.17, 15) is 0 Å². The number of rotatable bonds is 7. The van der Waals surface area contributed by atoms with E-state index < -0.39 is 0 Å². The fraction of sp³-hybridized carbons (Fsp3) is 0.429. The third-order valence-electron chi connectivity index (χ3n) is 2.83. The molecule has 98 valence electrons. The summed E-state index contributed by atoms with van der Waals surface area (Å²) in [5.41, 5.74) is 3.73. The lowest BCUT2D eigenvalue weighted by Gasteiger charge is -2.21. The van der Waals surface area contributed by atoms with E-state index in [-0.39, 0.29) is 6.04 Å². The van der Waals surface area contributed by atoms with Gasteiger partial charge in [0, 0.05) is 6.42 Å². The monoisotopic (exact) mass is 248 g/mol. The van der Waals surface area contributed by atoms with Gasteiger partial charge in [0.2, 0.25) is 0 Å². The quantitative estimate of drug-likeness (QED) is 0.335. The van der Waals surface area contributed by atoms with Crippen molar-refractivity contribution in [1.29, 1.82) is 0 Å². The number of hydrogen-bond donors (Lipinski definition) is 2. The molecule has 0 aliphatic heterocycles. The lowest BCUT2D eigenvalue weighted by atomic mass is 9.99. The van der Waals surface area contributed by atoms with E-state index >= 15 is 0 Å². The van der Waals surface area contributed by atoms with Gasteiger partial charge in [0.1, 0.15) is 11.5 Å². The van der Waals surface area contributed by atoms with Crippen molar-refractivity contribution in [3.05, 3.63) is 23.8 Å². The second-order valence-electron chi connectivity index (χ2n) is 3.89. The summed E-state index contributed by atoms with van der Waals surface area (Å²) in [5.74, 6) is 9.77. The molecule has 4 heteroatoms. The first-order chi connectivity index (χ1) is 8.78. The summed E-state index contributed by atoms with van der Waals surface area (Å²) in [7, 11) is 3.26. The van der Waals surface area contributed by atoms with E-state index in [1.807, 2.05) is 18.2 Å². The number of hydrogen-bond acceptors (Lipinski definition) is 4. The van der Waals surface area contributed by atoms with Gasteiger partial charge in [-0.2, -0.15) is 0 Å². The molecule has 0 fully saturated rings. The Hall–Kier alpha value is -1.70. The van der Waals surface area contributed by atoms with Crippen LogP contribution in [0.2, 0.25) is 0 Å². The molecule has 0 saturated carbocycles. The highest BCUT2D eigenvalue weighted by atomic mass is 16.5. The Morgan fingerprint density at radius 2 is 1.94 bits per heavy atom. The number of hydrazine groups is 1. The minimum atomic E-state index is -0.0375. The van der Waals surface area contributed by atoms with Crippen molar-refractivity contribution < 1.29 is 9.47 Å². The molecule has 0 spiro atoms. The molecular formula is C14H20N2O2. The summed E-state index contributed by atoms with van der Waals surface area (Å²) >= 11 is 0. The van der Waals surface area contributed by atoms with Crippen LogP contribution in [0.1, 0.15) is 30.9 Å². The molecule has 0 saturated heterocycles. The van der Waals surface area contributed by atoms with Crippen LogP contribution in [0.3, 0.4) is 0 Å². The van der Waals surface area contributed by atoms with Gasteiger partial charge >= 0.3 is 0 Å². The van der Waals surface area contributed by atoms with Crippen molar-refractivity contribution >= 4 is 0 Å². The lowest BCUT2D eigenvalue weighted by molar-refractivity contribution is 0.365. The van der Waals surface area contributed by atoms with Crippen molar-refractivity contribution in [2.75, 3.05) is 14.2 Å². The van der Waals surface area contributed by atoms with Crippen LogP contribution in [0.25, 0.3) is 0 Å². The van der Waals surface area contributed by atoms with Gasteiger partial charge in [0.25, 0.3) is 0 Å². The first-order valence-corrected chi connectivity index (χ1v) is 5.89. The molecule has 0 aromatic heterocycles. The number of nitrogens with one attached hydrogen (secondary N) is 1. The van der Waals surface area contributed by atoms with Crippen LogP contribution >= 0.6 is 0 Å². The van der Waals surface area contributed by atoms with Gasteiger partial charge in [-0.15, -0.1) is 12.3 Å². The van der Waals surface area contributed by atoms with Crippen molar-refractivity contribution in [2.45, 2.75) is 25.3 Å². The Morgan fingerprint density at radius 1 is 1.33 bits per heavy atom. The Balaban J connectivity index is 2.99. The molecule has 1 aromatic carbocycles. The van der Waals surface area contributed by atoms with Gasteiger partial charge in [-0.3, -0.25) is 11.3 Å². The Labute approximate surface area is 108 Å². The maximum Gasteiger partial charge on any atom is 0.127 e. The Kier molecular flexibility index (Phi) is 6.06. The minimum Gasteiger partial charge on any atom is -0.496 e. The smallest absolute Gasteiger partial charge is 0.127 e. The van der Waals surface area contributed by atoms with E-state index in [4.69, 9.17) is 21.7 Å². The van der Waals surface area contributed by atoms with Crippen molar-refractivity contribution in [3.8, 4) is 23.8 Å². The van der Waals surface area contributed by atoms with Crippen LogP contribution < -0.4 is 20.7 Å². The van der Waals surface area contributed by atoms with Gasteiger partial charge in [-0.05, 0) is 25.0 Å². The zero-order valence-corrected chi connectivity index (χ0v) is 10.9. The van der Waals surface area contributed by atoms with Crippen LogP contribution in [-0.4, -0.2) is 14.2 Å². The molecule has 18 heavy (non-hydrogen) atoms. The first-order valence-electron chi connectivity index (χ1n) is 5.89. The standard InChI is InChI=1S/C14H20N2O2/c1-4-5-6-8-11(16-15)14-12(17-2)9-7-10-13(14)18-3/h1,7,9-11,16H,5-6,8,15H2,2-3H3. The zero-order valence-electron chi connectivity index (χ0n) is 10.9. The molecule has 1 unspecified atom stereocenters. The van der Waals surface area contributed by atoms with Gasteiger partial charge in [0.05, 0.1) is 25.8 Å². The molecule has 1 atom stereocenters. The topological polar surface area (TPSA) is 56.5 Å². The molecule has 4 nitrogen and oxygen atoms in total. The average molecular weight is 248 g/mol. The number of terminal acetylenes is 1. The van der Waals surface area contributed by atoms with Gasteiger partial charge in [-0.25, -0.2) is 0 Å². The molecule has 0 aliphatic carbocycles. The normalized spacial score (nSPS) is 11.7.